The number of nitriles is 1. The Bertz CT molecular complexity index is 785. The van der Waals surface area contributed by atoms with Crippen molar-refractivity contribution in [1.82, 2.24) is 0 Å². The molecule has 1 aromatic carbocycles. The van der Waals surface area contributed by atoms with Gasteiger partial charge >= 0.3 is 0 Å². The zero-order chi connectivity index (χ0) is 14.1. The lowest BCUT2D eigenvalue weighted by Crippen LogP contribution is -1.80. The third-order valence-electron chi connectivity index (χ3n) is 3.26. The third kappa shape index (κ3) is 2.15. The zero-order valence-electron chi connectivity index (χ0n) is 10.4. The van der Waals surface area contributed by atoms with Crippen LogP contribution in [0, 0.1) is 11.3 Å². The SMILES string of the molecule is N#Cc1c2cccccc-2c(Br)c1-c1ccc(Br)cc1. The minimum absolute atomic E-state index is 0.713. The zero-order valence-corrected chi connectivity index (χ0v) is 13.6. The van der Waals surface area contributed by atoms with E-state index in [4.69, 9.17) is 0 Å². The van der Waals surface area contributed by atoms with Crippen molar-refractivity contribution in [1.29, 1.82) is 5.26 Å². The lowest BCUT2D eigenvalue weighted by atomic mass is 10.0. The molecule has 0 saturated carbocycles. The Labute approximate surface area is 134 Å². The molecular formula is C17H9Br2N. The van der Waals surface area contributed by atoms with E-state index in [9.17, 15) is 5.26 Å². The van der Waals surface area contributed by atoms with Gasteiger partial charge < -0.3 is 0 Å². The van der Waals surface area contributed by atoms with Gasteiger partial charge in [-0.3, -0.25) is 0 Å². The van der Waals surface area contributed by atoms with Crippen LogP contribution >= 0.6 is 31.9 Å². The lowest BCUT2D eigenvalue weighted by Gasteiger charge is -2.01. The molecule has 20 heavy (non-hydrogen) atoms. The van der Waals surface area contributed by atoms with E-state index in [0.717, 1.165) is 31.2 Å². The van der Waals surface area contributed by atoms with Gasteiger partial charge in [0.15, 0.2) is 0 Å². The molecule has 3 heteroatoms. The first-order valence-electron chi connectivity index (χ1n) is 6.08. The standard InChI is InChI=1S/C17H9Br2N/c18-12-8-6-11(7-9-12)16-15(10-20)13-4-2-1-3-5-14(13)17(16)19/h1-9H. The molecule has 0 atom stereocenters. The summed E-state index contributed by atoms with van der Waals surface area (Å²) in [6, 6.07) is 20.3. The molecule has 0 bridgehead atoms. The molecule has 0 unspecified atom stereocenters. The fraction of sp³-hybridized carbons (Fsp3) is 0. The molecule has 1 aromatic rings. The molecule has 0 aliphatic heterocycles. The maximum absolute atomic E-state index is 9.55. The smallest absolute Gasteiger partial charge is 0.100 e. The predicted molar refractivity (Wildman–Crippen MR) is 88.6 cm³/mol. The van der Waals surface area contributed by atoms with Crippen LogP contribution in [0.5, 0.6) is 0 Å². The van der Waals surface area contributed by atoms with Crippen molar-refractivity contribution in [3.63, 3.8) is 0 Å². The molecule has 1 nitrogen and oxygen atoms in total. The Morgan fingerprint density at radius 2 is 1.45 bits per heavy atom. The first-order valence-corrected chi connectivity index (χ1v) is 7.67. The Morgan fingerprint density at radius 1 is 0.800 bits per heavy atom. The summed E-state index contributed by atoms with van der Waals surface area (Å²) in [4.78, 5) is 0. The summed E-state index contributed by atoms with van der Waals surface area (Å²) < 4.78 is 2.00. The number of benzene rings is 1. The molecule has 0 amide bonds. The van der Waals surface area contributed by atoms with Crippen LogP contribution in [-0.2, 0) is 0 Å². The molecule has 0 fully saturated rings. The summed E-state index contributed by atoms with van der Waals surface area (Å²) in [7, 11) is 0. The van der Waals surface area contributed by atoms with Crippen LogP contribution in [0.15, 0.2) is 63.5 Å². The maximum atomic E-state index is 9.55. The minimum atomic E-state index is 0.713. The van der Waals surface area contributed by atoms with Crippen molar-refractivity contribution >= 4 is 31.9 Å². The van der Waals surface area contributed by atoms with E-state index in [1.54, 1.807) is 0 Å². The molecule has 0 spiro atoms. The predicted octanol–water partition coefficient (Wildman–Crippen LogP) is 5.86. The van der Waals surface area contributed by atoms with Crippen LogP contribution in [0.4, 0.5) is 0 Å². The van der Waals surface area contributed by atoms with Gasteiger partial charge in [-0.2, -0.15) is 5.26 Å². The highest BCUT2D eigenvalue weighted by atomic mass is 79.9. The fourth-order valence-corrected chi connectivity index (χ4v) is 3.38. The second kappa shape index (κ2) is 5.40. The summed E-state index contributed by atoms with van der Waals surface area (Å²) in [5.41, 5.74) is 4.74. The average molecular weight is 387 g/mol. The van der Waals surface area contributed by atoms with E-state index in [1.165, 1.54) is 0 Å². The molecule has 0 heterocycles. The average Bonchev–Trinajstić information content (AvgIpc) is 2.63. The maximum Gasteiger partial charge on any atom is 0.100 e. The monoisotopic (exact) mass is 385 g/mol. The van der Waals surface area contributed by atoms with Gasteiger partial charge in [0, 0.05) is 20.1 Å². The van der Waals surface area contributed by atoms with Crippen LogP contribution in [0.1, 0.15) is 5.56 Å². The van der Waals surface area contributed by atoms with E-state index in [1.807, 2.05) is 54.6 Å². The molecule has 0 radical (unpaired) electrons. The van der Waals surface area contributed by atoms with Gasteiger partial charge in [0.1, 0.15) is 6.07 Å². The lowest BCUT2D eigenvalue weighted by molar-refractivity contribution is 1.50. The molecule has 0 aromatic heterocycles. The van der Waals surface area contributed by atoms with Crippen molar-refractivity contribution < 1.29 is 0 Å². The number of halogens is 2. The van der Waals surface area contributed by atoms with Gasteiger partial charge in [-0.25, -0.2) is 0 Å². The Morgan fingerprint density at radius 3 is 2.10 bits per heavy atom. The Kier molecular flexibility index (Phi) is 3.60. The summed E-state index contributed by atoms with van der Waals surface area (Å²) >= 11 is 7.09. The minimum Gasteiger partial charge on any atom is -0.192 e. The van der Waals surface area contributed by atoms with Gasteiger partial charge in [0.05, 0.1) is 5.56 Å². The quantitative estimate of drug-likeness (QED) is 0.514. The normalized spacial score (nSPS) is 10.4. The second-order valence-electron chi connectivity index (χ2n) is 4.42. The van der Waals surface area contributed by atoms with Gasteiger partial charge in [0.25, 0.3) is 0 Å². The number of hydrogen-bond donors (Lipinski definition) is 0. The molecular weight excluding hydrogens is 378 g/mol. The molecule has 3 rings (SSSR count). The molecule has 96 valence electrons. The molecule has 0 saturated heterocycles. The second-order valence-corrected chi connectivity index (χ2v) is 6.13. The first kappa shape index (κ1) is 13.4. The van der Waals surface area contributed by atoms with Crippen LogP contribution in [0.3, 0.4) is 0 Å². The number of nitrogens with zero attached hydrogens (tertiary/aromatic N) is 1. The van der Waals surface area contributed by atoms with Crippen molar-refractivity contribution in [2.24, 2.45) is 0 Å². The van der Waals surface area contributed by atoms with Crippen molar-refractivity contribution in [3.8, 4) is 28.3 Å². The largest absolute Gasteiger partial charge is 0.192 e. The highest BCUT2D eigenvalue weighted by Crippen LogP contribution is 2.45. The topological polar surface area (TPSA) is 23.8 Å². The third-order valence-corrected chi connectivity index (χ3v) is 4.61. The summed E-state index contributed by atoms with van der Waals surface area (Å²) in [5, 5.41) is 9.55. The van der Waals surface area contributed by atoms with Crippen LogP contribution in [0.2, 0.25) is 0 Å². The summed E-state index contributed by atoms with van der Waals surface area (Å²) in [5.74, 6) is 0. The van der Waals surface area contributed by atoms with E-state index in [0.29, 0.717) is 5.56 Å². The van der Waals surface area contributed by atoms with E-state index in [2.05, 4.69) is 37.9 Å². The van der Waals surface area contributed by atoms with Crippen molar-refractivity contribution in [2.75, 3.05) is 0 Å². The number of fused-ring (bicyclic) bond motifs is 1. The Hall–Kier alpha value is -1.63. The molecule has 2 aliphatic rings. The number of rotatable bonds is 1. The van der Waals surface area contributed by atoms with E-state index >= 15 is 0 Å². The van der Waals surface area contributed by atoms with Crippen LogP contribution in [-0.4, -0.2) is 0 Å². The Balaban J connectivity index is 2.36. The van der Waals surface area contributed by atoms with Crippen molar-refractivity contribution in [2.45, 2.75) is 0 Å². The van der Waals surface area contributed by atoms with Crippen LogP contribution < -0.4 is 0 Å². The van der Waals surface area contributed by atoms with Crippen LogP contribution in [0.25, 0.3) is 22.3 Å². The van der Waals surface area contributed by atoms with Crippen molar-refractivity contribution in [3.05, 3.63) is 69.1 Å². The van der Waals surface area contributed by atoms with Gasteiger partial charge in [-0.1, -0.05) is 58.4 Å². The van der Waals surface area contributed by atoms with Gasteiger partial charge in [0.2, 0.25) is 0 Å². The highest BCUT2D eigenvalue weighted by Gasteiger charge is 2.21. The first-order chi connectivity index (χ1) is 9.72. The summed E-state index contributed by atoms with van der Waals surface area (Å²) in [6.45, 7) is 0. The summed E-state index contributed by atoms with van der Waals surface area (Å²) in [6.07, 6.45) is 0. The van der Waals surface area contributed by atoms with E-state index in [-0.39, 0.29) is 0 Å². The van der Waals surface area contributed by atoms with Gasteiger partial charge in [-0.05, 0) is 39.2 Å². The number of hydrogen-bond acceptors (Lipinski definition) is 1. The molecule has 2 aliphatic carbocycles. The van der Waals surface area contributed by atoms with Gasteiger partial charge in [-0.15, -0.1) is 0 Å². The molecule has 0 N–H and O–H groups in total. The van der Waals surface area contributed by atoms with E-state index < -0.39 is 0 Å². The fourth-order valence-electron chi connectivity index (χ4n) is 2.34. The highest BCUT2D eigenvalue weighted by molar-refractivity contribution is 9.11.